The number of nitrogens with zero attached hydrogens (tertiary/aromatic N) is 3. The minimum absolute atomic E-state index is 0.231. The molecule has 0 aliphatic carbocycles. The Hall–Kier alpha value is -2.83. The van der Waals surface area contributed by atoms with Crippen molar-refractivity contribution >= 4 is 23.5 Å². The number of carbonyl (C=O) groups excluding carboxylic acids is 1. The normalized spacial score (nSPS) is 10.2. The number of urea groups is 1. The third-order valence-corrected chi connectivity index (χ3v) is 3.39. The molecule has 0 saturated carbocycles. The molecule has 0 aliphatic heterocycles. The van der Waals surface area contributed by atoms with Crippen LogP contribution in [-0.4, -0.2) is 43.2 Å². The largest absolute Gasteiger partial charge is 0.363 e. The molecule has 24 heavy (non-hydrogen) atoms. The molecule has 2 amide bonds. The van der Waals surface area contributed by atoms with E-state index in [9.17, 15) is 4.79 Å². The van der Waals surface area contributed by atoms with Crippen LogP contribution in [0.25, 0.3) is 0 Å². The van der Waals surface area contributed by atoms with E-state index < -0.39 is 0 Å². The van der Waals surface area contributed by atoms with Gasteiger partial charge in [-0.1, -0.05) is 18.2 Å². The van der Waals surface area contributed by atoms with Crippen molar-refractivity contribution in [3.63, 3.8) is 0 Å². The van der Waals surface area contributed by atoms with Gasteiger partial charge in [-0.2, -0.15) is 4.98 Å². The summed E-state index contributed by atoms with van der Waals surface area (Å²) in [4.78, 5) is 22.5. The smallest absolute Gasteiger partial charge is 0.319 e. The maximum absolute atomic E-state index is 11.9. The van der Waals surface area contributed by atoms with Gasteiger partial charge in [0.05, 0.1) is 0 Å². The molecule has 0 radical (unpaired) electrons. The van der Waals surface area contributed by atoms with Gasteiger partial charge in [0.2, 0.25) is 5.95 Å². The lowest BCUT2D eigenvalue weighted by atomic mass is 10.2. The summed E-state index contributed by atoms with van der Waals surface area (Å²) in [6, 6.07) is 9.34. The fourth-order valence-electron chi connectivity index (χ4n) is 2.09. The van der Waals surface area contributed by atoms with Crippen molar-refractivity contribution in [1.82, 2.24) is 15.3 Å². The van der Waals surface area contributed by atoms with Gasteiger partial charge in [-0.25, -0.2) is 9.78 Å². The molecule has 0 atom stereocenters. The van der Waals surface area contributed by atoms with Gasteiger partial charge in [0.15, 0.2) is 0 Å². The summed E-state index contributed by atoms with van der Waals surface area (Å²) in [5.41, 5.74) is 2.72. The van der Waals surface area contributed by atoms with Gasteiger partial charge in [-0.05, 0) is 25.5 Å². The monoisotopic (exact) mass is 328 g/mol. The third kappa shape index (κ3) is 5.12. The number of hydrogen-bond donors (Lipinski definition) is 3. The van der Waals surface area contributed by atoms with Crippen LogP contribution in [0.2, 0.25) is 0 Å². The number of aryl methyl sites for hydroxylation is 2. The first-order valence-electron chi connectivity index (χ1n) is 7.83. The number of rotatable bonds is 6. The minimum atomic E-state index is -0.231. The molecule has 0 saturated heterocycles. The molecule has 1 aromatic heterocycles. The van der Waals surface area contributed by atoms with E-state index in [4.69, 9.17) is 0 Å². The Labute approximate surface area is 142 Å². The molecular weight excluding hydrogens is 304 g/mol. The van der Waals surface area contributed by atoms with Crippen LogP contribution in [0.15, 0.2) is 30.3 Å². The van der Waals surface area contributed by atoms with Gasteiger partial charge < -0.3 is 20.9 Å². The maximum atomic E-state index is 11.9. The Morgan fingerprint density at radius 2 is 1.88 bits per heavy atom. The Morgan fingerprint density at radius 3 is 2.58 bits per heavy atom. The number of aromatic nitrogens is 2. The van der Waals surface area contributed by atoms with Crippen LogP contribution in [0.3, 0.4) is 0 Å². The van der Waals surface area contributed by atoms with E-state index in [2.05, 4.69) is 25.9 Å². The molecule has 0 bridgehead atoms. The molecule has 1 heterocycles. The van der Waals surface area contributed by atoms with Crippen LogP contribution in [0, 0.1) is 13.8 Å². The summed E-state index contributed by atoms with van der Waals surface area (Å²) in [6.45, 7) is 4.88. The molecule has 1 aromatic carbocycles. The van der Waals surface area contributed by atoms with Crippen LogP contribution < -0.4 is 20.9 Å². The molecule has 128 valence electrons. The van der Waals surface area contributed by atoms with E-state index in [1.54, 1.807) is 0 Å². The topological polar surface area (TPSA) is 82.2 Å². The zero-order valence-corrected chi connectivity index (χ0v) is 14.6. The van der Waals surface area contributed by atoms with Gasteiger partial charge in [0.25, 0.3) is 0 Å². The van der Waals surface area contributed by atoms with Crippen LogP contribution in [0.1, 0.15) is 11.3 Å². The molecule has 2 aromatic rings. The summed E-state index contributed by atoms with van der Waals surface area (Å²) < 4.78 is 0. The predicted octanol–water partition coefficient (Wildman–Crippen LogP) is 2.39. The zero-order chi connectivity index (χ0) is 17.5. The quantitative estimate of drug-likeness (QED) is 0.709. The van der Waals surface area contributed by atoms with Gasteiger partial charge >= 0.3 is 6.03 Å². The molecule has 7 heteroatoms. The number of nitrogens with one attached hydrogen (secondary N) is 3. The highest BCUT2D eigenvalue weighted by Gasteiger charge is 2.05. The molecule has 0 aliphatic rings. The second-order valence-electron chi connectivity index (χ2n) is 5.71. The molecule has 0 fully saturated rings. The lowest BCUT2D eigenvalue weighted by molar-refractivity contribution is 0.252. The summed E-state index contributed by atoms with van der Waals surface area (Å²) in [5.74, 6) is 1.40. The summed E-state index contributed by atoms with van der Waals surface area (Å²) in [6.07, 6.45) is 0. The number of para-hydroxylation sites is 1. The van der Waals surface area contributed by atoms with Crippen molar-refractivity contribution in [2.75, 3.05) is 42.7 Å². The highest BCUT2D eigenvalue weighted by molar-refractivity contribution is 5.90. The van der Waals surface area contributed by atoms with Crippen LogP contribution in [0.4, 0.5) is 22.2 Å². The van der Waals surface area contributed by atoms with Gasteiger partial charge in [-0.3, -0.25) is 0 Å². The molecular formula is C17H24N6O. The van der Waals surface area contributed by atoms with Crippen molar-refractivity contribution in [3.8, 4) is 0 Å². The van der Waals surface area contributed by atoms with Crippen LogP contribution in [0.5, 0.6) is 0 Å². The molecule has 2 rings (SSSR count). The van der Waals surface area contributed by atoms with E-state index in [1.165, 1.54) is 0 Å². The van der Waals surface area contributed by atoms with E-state index >= 15 is 0 Å². The van der Waals surface area contributed by atoms with E-state index in [0.717, 1.165) is 22.8 Å². The average molecular weight is 328 g/mol. The van der Waals surface area contributed by atoms with Gasteiger partial charge in [0, 0.05) is 44.6 Å². The number of amides is 2. The van der Waals surface area contributed by atoms with Crippen LogP contribution in [-0.2, 0) is 0 Å². The first-order valence-corrected chi connectivity index (χ1v) is 7.83. The fraction of sp³-hybridized carbons (Fsp3) is 0.353. The number of benzene rings is 1. The number of anilines is 3. The second kappa shape index (κ2) is 8.14. The molecule has 3 N–H and O–H groups in total. The van der Waals surface area contributed by atoms with Crippen LogP contribution >= 0.6 is 0 Å². The molecule has 0 unspecified atom stereocenters. The van der Waals surface area contributed by atoms with Crippen molar-refractivity contribution < 1.29 is 4.79 Å². The average Bonchev–Trinajstić information content (AvgIpc) is 2.53. The Morgan fingerprint density at radius 1 is 1.12 bits per heavy atom. The zero-order valence-electron chi connectivity index (χ0n) is 14.6. The fourth-order valence-corrected chi connectivity index (χ4v) is 2.09. The lowest BCUT2D eigenvalue weighted by Gasteiger charge is -2.14. The first kappa shape index (κ1) is 17.5. The summed E-state index contributed by atoms with van der Waals surface area (Å²) in [7, 11) is 3.87. The lowest BCUT2D eigenvalue weighted by Crippen LogP contribution is -2.33. The highest BCUT2D eigenvalue weighted by Crippen LogP contribution is 2.13. The first-order chi connectivity index (χ1) is 11.5. The number of hydrogen-bond acceptors (Lipinski definition) is 5. The second-order valence-corrected chi connectivity index (χ2v) is 5.71. The highest BCUT2D eigenvalue weighted by atomic mass is 16.2. The standard InChI is InChI=1S/C17H24N6O/c1-12-7-5-6-8-14(12)21-17(24)19-10-9-18-16-20-13(2)11-15(22-16)23(3)4/h5-8,11H,9-10H2,1-4H3,(H,18,20,22)(H2,19,21,24). The van der Waals surface area contributed by atoms with E-state index in [-0.39, 0.29) is 6.03 Å². The van der Waals surface area contributed by atoms with Crippen molar-refractivity contribution in [3.05, 3.63) is 41.6 Å². The summed E-state index contributed by atoms with van der Waals surface area (Å²) >= 11 is 0. The Balaban J connectivity index is 1.79. The Kier molecular flexibility index (Phi) is 5.95. The van der Waals surface area contributed by atoms with Crippen molar-refractivity contribution in [2.45, 2.75) is 13.8 Å². The van der Waals surface area contributed by atoms with Crippen molar-refractivity contribution in [1.29, 1.82) is 0 Å². The van der Waals surface area contributed by atoms with Gasteiger partial charge in [-0.15, -0.1) is 0 Å². The minimum Gasteiger partial charge on any atom is -0.363 e. The van der Waals surface area contributed by atoms with Crippen molar-refractivity contribution in [2.24, 2.45) is 0 Å². The number of carbonyl (C=O) groups is 1. The summed E-state index contributed by atoms with van der Waals surface area (Å²) in [5, 5.41) is 8.75. The Bertz CT molecular complexity index is 701. The van der Waals surface area contributed by atoms with Gasteiger partial charge in [0.1, 0.15) is 5.82 Å². The maximum Gasteiger partial charge on any atom is 0.319 e. The molecule has 0 spiro atoms. The van der Waals surface area contributed by atoms with E-state index in [0.29, 0.717) is 19.0 Å². The predicted molar refractivity (Wildman–Crippen MR) is 97.8 cm³/mol. The SMILES string of the molecule is Cc1cc(N(C)C)nc(NCCNC(=O)Nc2ccccc2C)n1. The molecule has 7 nitrogen and oxygen atoms in total. The third-order valence-electron chi connectivity index (χ3n) is 3.39. The van der Waals surface area contributed by atoms with E-state index in [1.807, 2.05) is 63.2 Å².